The van der Waals surface area contributed by atoms with Crippen LogP contribution in [-0.2, 0) is 14.8 Å². The van der Waals surface area contributed by atoms with Crippen molar-refractivity contribution in [2.45, 2.75) is 30.6 Å². The SMILES string of the molecule is NS(=O)(=O)c1cc(F)c(Cl)c(C(=O)OCC2CCCC2)c1. The van der Waals surface area contributed by atoms with Gasteiger partial charge in [-0.2, -0.15) is 0 Å². The molecule has 0 unspecified atom stereocenters. The highest BCUT2D eigenvalue weighted by atomic mass is 35.5. The fourth-order valence-electron chi connectivity index (χ4n) is 2.33. The van der Waals surface area contributed by atoms with Crippen molar-refractivity contribution in [3.63, 3.8) is 0 Å². The molecule has 0 saturated heterocycles. The molecule has 116 valence electrons. The summed E-state index contributed by atoms with van der Waals surface area (Å²) in [4.78, 5) is 11.4. The Balaban J connectivity index is 2.21. The van der Waals surface area contributed by atoms with Crippen LogP contribution in [0, 0.1) is 11.7 Å². The van der Waals surface area contributed by atoms with E-state index in [-0.39, 0.29) is 12.2 Å². The van der Waals surface area contributed by atoms with Crippen molar-refractivity contribution in [2.24, 2.45) is 11.1 Å². The lowest BCUT2D eigenvalue weighted by molar-refractivity contribution is 0.0442. The third kappa shape index (κ3) is 3.93. The van der Waals surface area contributed by atoms with E-state index in [1.807, 2.05) is 0 Å². The number of carbonyl (C=O) groups is 1. The van der Waals surface area contributed by atoms with Gasteiger partial charge in [-0.05, 0) is 30.9 Å². The molecular weight excluding hydrogens is 321 g/mol. The molecule has 1 saturated carbocycles. The van der Waals surface area contributed by atoms with Gasteiger partial charge in [0.25, 0.3) is 0 Å². The van der Waals surface area contributed by atoms with Gasteiger partial charge in [-0.15, -0.1) is 0 Å². The lowest BCUT2D eigenvalue weighted by atomic mass is 10.1. The van der Waals surface area contributed by atoms with E-state index >= 15 is 0 Å². The van der Waals surface area contributed by atoms with Crippen LogP contribution in [0.2, 0.25) is 5.02 Å². The Morgan fingerprint density at radius 1 is 1.38 bits per heavy atom. The molecule has 1 aromatic carbocycles. The molecular formula is C13H15ClFNO4S. The van der Waals surface area contributed by atoms with Gasteiger partial charge in [-0.3, -0.25) is 0 Å². The molecule has 0 radical (unpaired) electrons. The molecule has 1 aliphatic rings. The molecule has 5 nitrogen and oxygen atoms in total. The Labute approximate surface area is 127 Å². The van der Waals surface area contributed by atoms with Crippen molar-refractivity contribution in [3.8, 4) is 0 Å². The molecule has 0 spiro atoms. The third-order valence-electron chi connectivity index (χ3n) is 3.48. The Morgan fingerprint density at radius 2 is 2.00 bits per heavy atom. The topological polar surface area (TPSA) is 86.5 Å². The summed E-state index contributed by atoms with van der Waals surface area (Å²) in [5, 5.41) is 4.46. The molecule has 0 bridgehead atoms. The summed E-state index contributed by atoms with van der Waals surface area (Å²) >= 11 is 5.69. The van der Waals surface area contributed by atoms with Crippen molar-refractivity contribution >= 4 is 27.6 Å². The molecule has 21 heavy (non-hydrogen) atoms. The van der Waals surface area contributed by atoms with E-state index in [2.05, 4.69) is 0 Å². The highest BCUT2D eigenvalue weighted by Gasteiger charge is 2.23. The van der Waals surface area contributed by atoms with Gasteiger partial charge in [0.1, 0.15) is 5.82 Å². The number of hydrogen-bond donors (Lipinski definition) is 1. The highest BCUT2D eigenvalue weighted by Crippen LogP contribution is 2.27. The molecule has 0 aromatic heterocycles. The van der Waals surface area contributed by atoms with Crippen molar-refractivity contribution in [1.82, 2.24) is 0 Å². The van der Waals surface area contributed by atoms with Gasteiger partial charge in [-0.1, -0.05) is 24.4 Å². The van der Waals surface area contributed by atoms with Crippen LogP contribution in [-0.4, -0.2) is 21.0 Å². The van der Waals surface area contributed by atoms with Gasteiger partial charge in [0.05, 0.1) is 22.1 Å². The quantitative estimate of drug-likeness (QED) is 0.856. The van der Waals surface area contributed by atoms with Gasteiger partial charge in [0.2, 0.25) is 10.0 Å². The molecule has 2 N–H and O–H groups in total. The monoisotopic (exact) mass is 335 g/mol. The number of rotatable bonds is 4. The normalized spacial score (nSPS) is 16.1. The van der Waals surface area contributed by atoms with Crippen LogP contribution in [0.5, 0.6) is 0 Å². The minimum atomic E-state index is -4.14. The number of primary sulfonamides is 1. The first-order chi connectivity index (χ1) is 9.79. The summed E-state index contributed by atoms with van der Waals surface area (Å²) in [5.74, 6) is -1.59. The molecule has 2 rings (SSSR count). The lowest BCUT2D eigenvalue weighted by Crippen LogP contribution is -2.16. The van der Waals surface area contributed by atoms with Crippen LogP contribution in [0.3, 0.4) is 0 Å². The van der Waals surface area contributed by atoms with Crippen LogP contribution in [0.1, 0.15) is 36.0 Å². The number of sulfonamides is 1. The van der Waals surface area contributed by atoms with Crippen molar-refractivity contribution in [1.29, 1.82) is 0 Å². The maximum Gasteiger partial charge on any atom is 0.339 e. The van der Waals surface area contributed by atoms with Crippen LogP contribution in [0.15, 0.2) is 17.0 Å². The van der Waals surface area contributed by atoms with Crippen LogP contribution < -0.4 is 5.14 Å². The summed E-state index contributed by atoms with van der Waals surface area (Å²) < 4.78 is 41.2. The zero-order valence-corrected chi connectivity index (χ0v) is 12.7. The number of hydrogen-bond acceptors (Lipinski definition) is 4. The van der Waals surface area contributed by atoms with Crippen LogP contribution in [0.4, 0.5) is 4.39 Å². The molecule has 1 aromatic rings. The maximum atomic E-state index is 13.6. The average Bonchev–Trinajstić information content (AvgIpc) is 2.91. The number of nitrogens with two attached hydrogens (primary N) is 1. The minimum Gasteiger partial charge on any atom is -0.462 e. The fourth-order valence-corrected chi connectivity index (χ4v) is 3.06. The second-order valence-corrected chi connectivity index (χ2v) is 7.00. The van der Waals surface area contributed by atoms with Gasteiger partial charge < -0.3 is 4.74 Å². The first-order valence-corrected chi connectivity index (χ1v) is 8.40. The maximum absolute atomic E-state index is 13.6. The standard InChI is InChI=1S/C13H15ClFNO4S/c14-12-10(5-9(6-11(12)15)21(16,18)19)13(17)20-7-8-3-1-2-4-8/h5-6,8H,1-4,7H2,(H2,16,18,19). The second kappa shape index (κ2) is 6.29. The Morgan fingerprint density at radius 3 is 2.57 bits per heavy atom. The molecule has 8 heteroatoms. The molecule has 0 aliphatic heterocycles. The summed E-state index contributed by atoms with van der Waals surface area (Å²) in [6.07, 6.45) is 4.15. The number of ether oxygens (including phenoxy) is 1. The predicted octanol–water partition coefficient (Wildman–Crippen LogP) is 2.47. The number of esters is 1. The summed E-state index contributed by atoms with van der Waals surface area (Å²) in [6.45, 7) is 0.219. The number of benzene rings is 1. The Kier molecular flexibility index (Phi) is 4.85. The van der Waals surface area contributed by atoms with Crippen LogP contribution in [0.25, 0.3) is 0 Å². The Bertz CT molecular complexity index is 656. The second-order valence-electron chi connectivity index (χ2n) is 5.06. The zero-order chi connectivity index (χ0) is 15.6. The fraction of sp³-hybridized carbons (Fsp3) is 0.462. The number of carbonyl (C=O) groups excluding carboxylic acids is 1. The van der Waals surface area contributed by atoms with E-state index < -0.39 is 31.7 Å². The van der Waals surface area contributed by atoms with E-state index in [1.54, 1.807) is 0 Å². The van der Waals surface area contributed by atoms with E-state index in [1.165, 1.54) is 0 Å². The number of halogens is 2. The molecule has 0 heterocycles. The average molecular weight is 336 g/mol. The minimum absolute atomic E-state index is 0.219. The van der Waals surface area contributed by atoms with Crippen molar-refractivity contribution < 1.29 is 22.3 Å². The van der Waals surface area contributed by atoms with E-state index in [0.29, 0.717) is 12.0 Å². The van der Waals surface area contributed by atoms with Crippen LogP contribution >= 0.6 is 11.6 Å². The lowest BCUT2D eigenvalue weighted by Gasteiger charge is -2.11. The molecule has 0 atom stereocenters. The first-order valence-electron chi connectivity index (χ1n) is 6.48. The third-order valence-corrected chi connectivity index (χ3v) is 4.75. The molecule has 1 aliphatic carbocycles. The smallest absolute Gasteiger partial charge is 0.339 e. The highest BCUT2D eigenvalue weighted by molar-refractivity contribution is 7.89. The molecule has 1 fully saturated rings. The summed E-state index contributed by atoms with van der Waals surface area (Å²) in [6, 6.07) is 1.60. The van der Waals surface area contributed by atoms with Crippen molar-refractivity contribution in [3.05, 3.63) is 28.5 Å². The summed E-state index contributed by atoms with van der Waals surface area (Å²) in [7, 11) is -4.14. The van der Waals surface area contributed by atoms with E-state index in [4.69, 9.17) is 21.5 Å². The Hall–Kier alpha value is -1.18. The van der Waals surface area contributed by atoms with Gasteiger partial charge in [0.15, 0.2) is 0 Å². The first kappa shape index (κ1) is 16.2. The zero-order valence-electron chi connectivity index (χ0n) is 11.1. The predicted molar refractivity (Wildman–Crippen MR) is 75.0 cm³/mol. The largest absolute Gasteiger partial charge is 0.462 e. The van der Waals surface area contributed by atoms with Gasteiger partial charge in [0, 0.05) is 0 Å². The van der Waals surface area contributed by atoms with E-state index in [0.717, 1.165) is 31.7 Å². The summed E-state index contributed by atoms with van der Waals surface area (Å²) in [5.41, 5.74) is -0.335. The molecule has 0 amide bonds. The van der Waals surface area contributed by atoms with Gasteiger partial charge in [-0.25, -0.2) is 22.7 Å². The van der Waals surface area contributed by atoms with Crippen molar-refractivity contribution in [2.75, 3.05) is 6.61 Å². The van der Waals surface area contributed by atoms with E-state index in [9.17, 15) is 17.6 Å². The van der Waals surface area contributed by atoms with Gasteiger partial charge >= 0.3 is 5.97 Å².